The number of aryl methyl sites for hydroxylation is 1. The van der Waals surface area contributed by atoms with Crippen LogP contribution in [0.4, 0.5) is 5.69 Å². The molecule has 0 bridgehead atoms. The van der Waals surface area contributed by atoms with E-state index < -0.39 is 21.9 Å². The van der Waals surface area contributed by atoms with Crippen LogP contribution in [0, 0.1) is 6.92 Å². The fraction of sp³-hybridized carbons (Fsp3) is 0.192. The molecule has 0 fully saturated rings. The van der Waals surface area contributed by atoms with E-state index in [1.165, 1.54) is 17.6 Å². The highest BCUT2D eigenvalue weighted by Crippen LogP contribution is 2.22. The largest absolute Gasteiger partial charge is 0.482 e. The van der Waals surface area contributed by atoms with Crippen LogP contribution in [-0.2, 0) is 26.1 Å². The molecular formula is C26H27N3O6S. The SMILES string of the molecule is COC(=O)COc1ccc(/C=N\NC(=O)c2ccc(N(Cc3ccccc3C)S(C)(=O)=O)cc2)cc1. The molecule has 9 nitrogen and oxygen atoms in total. The van der Waals surface area contributed by atoms with Gasteiger partial charge < -0.3 is 9.47 Å². The lowest BCUT2D eigenvalue weighted by Gasteiger charge is -2.23. The smallest absolute Gasteiger partial charge is 0.343 e. The van der Waals surface area contributed by atoms with Gasteiger partial charge in [0.05, 0.1) is 31.8 Å². The van der Waals surface area contributed by atoms with Gasteiger partial charge in [-0.05, 0) is 72.1 Å². The predicted octanol–water partition coefficient (Wildman–Crippen LogP) is 3.28. The first kappa shape index (κ1) is 26.4. The molecule has 0 saturated carbocycles. The standard InChI is InChI=1S/C26H27N3O6S/c1-19-6-4-5-7-22(19)17-29(36(3,32)33)23-12-10-21(11-13-23)26(31)28-27-16-20-8-14-24(15-9-20)35-18-25(30)34-2/h4-16H,17-18H2,1-3H3,(H,28,31)/b27-16-. The number of hydrogen-bond acceptors (Lipinski definition) is 7. The van der Waals surface area contributed by atoms with Gasteiger partial charge in [0.2, 0.25) is 10.0 Å². The number of amides is 1. The highest BCUT2D eigenvalue weighted by molar-refractivity contribution is 7.92. The van der Waals surface area contributed by atoms with Crippen molar-refractivity contribution in [2.24, 2.45) is 5.10 Å². The first-order chi connectivity index (χ1) is 17.2. The number of anilines is 1. The van der Waals surface area contributed by atoms with E-state index in [0.717, 1.165) is 17.4 Å². The summed E-state index contributed by atoms with van der Waals surface area (Å²) in [5.74, 6) is -0.431. The topological polar surface area (TPSA) is 114 Å². The molecule has 0 heterocycles. The number of carbonyl (C=O) groups excluding carboxylic acids is 2. The number of nitrogens with one attached hydrogen (secondary N) is 1. The maximum Gasteiger partial charge on any atom is 0.343 e. The van der Waals surface area contributed by atoms with Crippen molar-refractivity contribution < 1.29 is 27.5 Å². The Balaban J connectivity index is 1.62. The van der Waals surface area contributed by atoms with E-state index in [4.69, 9.17) is 4.74 Å². The molecule has 0 unspecified atom stereocenters. The van der Waals surface area contributed by atoms with E-state index in [1.54, 1.807) is 48.5 Å². The lowest BCUT2D eigenvalue weighted by molar-refractivity contribution is -0.142. The molecule has 0 aromatic heterocycles. The Morgan fingerprint density at radius 2 is 1.67 bits per heavy atom. The number of sulfonamides is 1. The van der Waals surface area contributed by atoms with Crippen LogP contribution in [0.3, 0.4) is 0 Å². The lowest BCUT2D eigenvalue weighted by atomic mass is 10.1. The third-order valence-corrected chi connectivity index (χ3v) is 6.38. The molecule has 0 aliphatic heterocycles. The fourth-order valence-electron chi connectivity index (χ4n) is 3.20. The molecule has 3 aromatic carbocycles. The van der Waals surface area contributed by atoms with Crippen molar-refractivity contribution in [1.82, 2.24) is 5.43 Å². The first-order valence-electron chi connectivity index (χ1n) is 10.9. The van der Waals surface area contributed by atoms with Crippen molar-refractivity contribution in [2.75, 3.05) is 24.3 Å². The van der Waals surface area contributed by atoms with Crippen LogP contribution in [-0.4, -0.2) is 46.5 Å². The number of methoxy groups -OCH3 is 1. The third-order valence-electron chi connectivity index (χ3n) is 5.24. The number of nitrogens with zero attached hydrogens (tertiary/aromatic N) is 2. The molecule has 188 valence electrons. The van der Waals surface area contributed by atoms with Crippen LogP contribution in [0.2, 0.25) is 0 Å². The minimum absolute atomic E-state index is 0.188. The monoisotopic (exact) mass is 509 g/mol. The van der Waals surface area contributed by atoms with Crippen molar-refractivity contribution in [2.45, 2.75) is 13.5 Å². The second-order valence-electron chi connectivity index (χ2n) is 7.88. The Labute approximate surface area is 210 Å². The molecule has 1 N–H and O–H groups in total. The molecule has 0 saturated heterocycles. The summed E-state index contributed by atoms with van der Waals surface area (Å²) < 4.78 is 36.0. The molecular weight excluding hydrogens is 482 g/mol. The summed E-state index contributed by atoms with van der Waals surface area (Å²) in [7, 11) is -2.26. The van der Waals surface area contributed by atoms with Crippen LogP contribution in [0.15, 0.2) is 77.9 Å². The van der Waals surface area contributed by atoms with Crippen LogP contribution >= 0.6 is 0 Å². The summed E-state index contributed by atoms with van der Waals surface area (Å²) in [5, 5.41) is 3.95. The minimum Gasteiger partial charge on any atom is -0.482 e. The third kappa shape index (κ3) is 7.41. The Morgan fingerprint density at radius 3 is 2.28 bits per heavy atom. The molecule has 10 heteroatoms. The summed E-state index contributed by atoms with van der Waals surface area (Å²) in [4.78, 5) is 23.6. The molecule has 3 aromatic rings. The summed E-state index contributed by atoms with van der Waals surface area (Å²) in [5.41, 5.74) is 5.81. The summed E-state index contributed by atoms with van der Waals surface area (Å²) >= 11 is 0. The highest BCUT2D eigenvalue weighted by Gasteiger charge is 2.19. The fourth-order valence-corrected chi connectivity index (χ4v) is 4.08. The van der Waals surface area contributed by atoms with Crippen LogP contribution in [0.25, 0.3) is 0 Å². The van der Waals surface area contributed by atoms with Gasteiger partial charge in [-0.3, -0.25) is 9.10 Å². The van der Waals surface area contributed by atoms with Gasteiger partial charge in [-0.25, -0.2) is 18.6 Å². The zero-order valence-electron chi connectivity index (χ0n) is 20.2. The summed E-state index contributed by atoms with van der Waals surface area (Å²) in [6.07, 6.45) is 2.61. The predicted molar refractivity (Wildman–Crippen MR) is 138 cm³/mol. The molecule has 0 spiro atoms. The maximum absolute atomic E-state index is 12.5. The second-order valence-corrected chi connectivity index (χ2v) is 9.78. The Kier molecular flexibility index (Phi) is 8.80. The van der Waals surface area contributed by atoms with Gasteiger partial charge in [-0.15, -0.1) is 0 Å². The quantitative estimate of drug-likeness (QED) is 0.255. The van der Waals surface area contributed by atoms with Gasteiger partial charge in [-0.2, -0.15) is 5.10 Å². The number of hydrogen-bond donors (Lipinski definition) is 1. The van der Waals surface area contributed by atoms with Crippen molar-refractivity contribution in [3.05, 3.63) is 95.1 Å². The van der Waals surface area contributed by atoms with Crippen LogP contribution in [0.1, 0.15) is 27.0 Å². The van der Waals surface area contributed by atoms with Gasteiger partial charge in [0.15, 0.2) is 6.61 Å². The maximum atomic E-state index is 12.5. The molecule has 0 aliphatic carbocycles. The molecule has 0 aliphatic rings. The van der Waals surface area contributed by atoms with E-state index in [1.807, 2.05) is 31.2 Å². The van der Waals surface area contributed by atoms with E-state index in [0.29, 0.717) is 22.6 Å². The first-order valence-corrected chi connectivity index (χ1v) is 12.8. The normalized spacial score (nSPS) is 11.2. The molecule has 36 heavy (non-hydrogen) atoms. The number of rotatable bonds is 10. The Hall–Kier alpha value is -4.18. The number of carbonyl (C=O) groups is 2. The molecule has 0 radical (unpaired) electrons. The van der Waals surface area contributed by atoms with Crippen molar-refractivity contribution >= 4 is 33.8 Å². The van der Waals surface area contributed by atoms with Crippen molar-refractivity contribution in [3.8, 4) is 5.75 Å². The van der Waals surface area contributed by atoms with Crippen molar-refractivity contribution in [3.63, 3.8) is 0 Å². The number of benzene rings is 3. The number of esters is 1. The molecule has 3 rings (SSSR count). The Bertz CT molecular complexity index is 1340. The van der Waals surface area contributed by atoms with Crippen molar-refractivity contribution in [1.29, 1.82) is 0 Å². The van der Waals surface area contributed by atoms with Gasteiger partial charge in [0.1, 0.15) is 5.75 Å². The number of hydrazone groups is 1. The minimum atomic E-state index is -3.55. The zero-order valence-corrected chi connectivity index (χ0v) is 21.0. The van der Waals surface area contributed by atoms with Crippen LogP contribution in [0.5, 0.6) is 5.75 Å². The van der Waals surface area contributed by atoms with Gasteiger partial charge >= 0.3 is 5.97 Å². The number of ether oxygens (including phenoxy) is 2. The van der Waals surface area contributed by atoms with E-state index in [2.05, 4.69) is 15.3 Å². The summed E-state index contributed by atoms with van der Waals surface area (Å²) in [6.45, 7) is 1.93. The van der Waals surface area contributed by atoms with Crippen LogP contribution < -0.4 is 14.5 Å². The second kappa shape index (κ2) is 12.0. The molecule has 0 atom stereocenters. The van der Waals surface area contributed by atoms with Gasteiger partial charge in [-0.1, -0.05) is 24.3 Å². The average Bonchev–Trinajstić information content (AvgIpc) is 2.87. The van der Waals surface area contributed by atoms with Gasteiger partial charge in [0.25, 0.3) is 5.91 Å². The van der Waals surface area contributed by atoms with E-state index in [-0.39, 0.29) is 13.2 Å². The van der Waals surface area contributed by atoms with E-state index >= 15 is 0 Å². The Morgan fingerprint density at radius 1 is 1.00 bits per heavy atom. The van der Waals surface area contributed by atoms with E-state index in [9.17, 15) is 18.0 Å². The summed E-state index contributed by atoms with van der Waals surface area (Å²) in [6, 6.07) is 20.6. The lowest BCUT2D eigenvalue weighted by Crippen LogP contribution is -2.29. The zero-order chi connectivity index (χ0) is 26.1. The van der Waals surface area contributed by atoms with Gasteiger partial charge in [0, 0.05) is 5.56 Å². The highest BCUT2D eigenvalue weighted by atomic mass is 32.2. The average molecular weight is 510 g/mol. The molecule has 1 amide bonds.